The van der Waals surface area contributed by atoms with Crippen LogP contribution in [-0.2, 0) is 34.3 Å². The number of esters is 1. The Labute approximate surface area is 195 Å². The van der Waals surface area contributed by atoms with E-state index in [2.05, 4.69) is 5.32 Å². The summed E-state index contributed by atoms with van der Waals surface area (Å²) in [6.07, 6.45) is -1.38. The molecule has 0 radical (unpaired) electrons. The quantitative estimate of drug-likeness (QED) is 0.509. The van der Waals surface area contributed by atoms with Crippen molar-refractivity contribution >= 4 is 37.6 Å². The number of amides is 1. The third-order valence-corrected chi connectivity index (χ3v) is 7.69. The summed E-state index contributed by atoms with van der Waals surface area (Å²) in [6.45, 7) is 1.90. The first-order valence-electron chi connectivity index (χ1n) is 9.92. The molecule has 1 aliphatic heterocycles. The highest BCUT2D eigenvalue weighted by Crippen LogP contribution is 2.21. The summed E-state index contributed by atoms with van der Waals surface area (Å²) in [4.78, 5) is 24.4. The largest absolute Gasteiger partial charge is 0.449 e. The van der Waals surface area contributed by atoms with Gasteiger partial charge in [-0.05, 0) is 49.4 Å². The predicted molar refractivity (Wildman–Crippen MR) is 117 cm³/mol. The molecule has 1 unspecified atom stereocenters. The highest BCUT2D eigenvalue weighted by molar-refractivity contribution is 7.89. The van der Waals surface area contributed by atoms with Gasteiger partial charge in [-0.1, -0.05) is 0 Å². The van der Waals surface area contributed by atoms with Crippen LogP contribution in [0.4, 0.5) is 10.1 Å². The van der Waals surface area contributed by atoms with Crippen LogP contribution in [0, 0.1) is 5.82 Å². The van der Waals surface area contributed by atoms with E-state index >= 15 is 0 Å². The van der Waals surface area contributed by atoms with Crippen LogP contribution in [0.3, 0.4) is 0 Å². The van der Waals surface area contributed by atoms with Gasteiger partial charge in [0.2, 0.25) is 20.0 Å². The Kier molecular flexibility index (Phi) is 7.67. The molecule has 0 aliphatic carbocycles. The summed E-state index contributed by atoms with van der Waals surface area (Å²) in [6, 6.07) is 7.66. The maximum absolute atomic E-state index is 14.3. The molecule has 11 nitrogen and oxygen atoms in total. The molecule has 14 heteroatoms. The van der Waals surface area contributed by atoms with Crippen molar-refractivity contribution < 1.29 is 40.3 Å². The number of nitrogens with zero attached hydrogens (tertiary/aromatic N) is 1. The van der Waals surface area contributed by atoms with Crippen molar-refractivity contribution in [3.63, 3.8) is 0 Å². The van der Waals surface area contributed by atoms with Crippen molar-refractivity contribution in [2.24, 2.45) is 5.14 Å². The third-order valence-electron chi connectivity index (χ3n) is 4.87. The molecule has 0 aromatic heterocycles. The Balaban J connectivity index is 1.70. The van der Waals surface area contributed by atoms with Gasteiger partial charge >= 0.3 is 5.97 Å². The molecular weight excluding hydrogens is 493 g/mol. The van der Waals surface area contributed by atoms with Crippen LogP contribution in [-0.4, -0.2) is 65.4 Å². The molecule has 3 N–H and O–H groups in total. The average Bonchev–Trinajstić information content (AvgIpc) is 2.79. The summed E-state index contributed by atoms with van der Waals surface area (Å²) >= 11 is 0. The van der Waals surface area contributed by atoms with Crippen LogP contribution in [0.25, 0.3) is 0 Å². The van der Waals surface area contributed by atoms with E-state index in [4.69, 9.17) is 14.6 Å². The van der Waals surface area contributed by atoms with E-state index in [-0.39, 0.29) is 41.8 Å². The summed E-state index contributed by atoms with van der Waals surface area (Å²) in [5.74, 6) is -3.03. The van der Waals surface area contributed by atoms with Crippen molar-refractivity contribution in [2.45, 2.75) is 22.8 Å². The van der Waals surface area contributed by atoms with Gasteiger partial charge in [0.25, 0.3) is 5.91 Å². The fraction of sp³-hybridized carbons (Fsp3) is 0.300. The van der Waals surface area contributed by atoms with Gasteiger partial charge in [0.1, 0.15) is 5.82 Å². The number of carbonyl (C=O) groups excluding carboxylic acids is 2. The molecule has 2 aromatic rings. The van der Waals surface area contributed by atoms with E-state index in [1.807, 2.05) is 0 Å². The van der Waals surface area contributed by atoms with Crippen molar-refractivity contribution in [1.29, 1.82) is 0 Å². The first-order valence-corrected chi connectivity index (χ1v) is 12.9. The zero-order valence-electron chi connectivity index (χ0n) is 17.9. The van der Waals surface area contributed by atoms with Gasteiger partial charge in [-0.15, -0.1) is 0 Å². The summed E-state index contributed by atoms with van der Waals surface area (Å²) in [7, 11) is -7.89. The molecule has 1 atom stereocenters. The number of carbonyl (C=O) groups is 2. The Morgan fingerprint density at radius 3 is 2.24 bits per heavy atom. The smallest absolute Gasteiger partial charge is 0.341 e. The summed E-state index contributed by atoms with van der Waals surface area (Å²) < 4.78 is 73.7. The fourth-order valence-electron chi connectivity index (χ4n) is 3.01. The molecule has 3 rings (SSSR count). The van der Waals surface area contributed by atoms with Crippen molar-refractivity contribution in [3.8, 4) is 0 Å². The van der Waals surface area contributed by atoms with Gasteiger partial charge in [-0.2, -0.15) is 4.31 Å². The number of rotatable bonds is 7. The molecule has 1 aliphatic rings. The Hall–Kier alpha value is -2.91. The number of primary sulfonamides is 1. The first-order chi connectivity index (χ1) is 15.9. The monoisotopic (exact) mass is 515 g/mol. The number of ether oxygens (including phenoxy) is 2. The third kappa shape index (κ3) is 5.95. The lowest BCUT2D eigenvalue weighted by atomic mass is 10.2. The van der Waals surface area contributed by atoms with Crippen LogP contribution in [0.5, 0.6) is 0 Å². The van der Waals surface area contributed by atoms with Crippen molar-refractivity contribution in [3.05, 3.63) is 53.8 Å². The average molecular weight is 516 g/mol. The Morgan fingerprint density at radius 2 is 1.65 bits per heavy atom. The normalized spacial score (nSPS) is 16.0. The summed E-state index contributed by atoms with van der Waals surface area (Å²) in [5, 5.41) is 7.42. The highest BCUT2D eigenvalue weighted by Gasteiger charge is 2.29. The highest BCUT2D eigenvalue weighted by atomic mass is 32.2. The van der Waals surface area contributed by atoms with Crippen molar-refractivity contribution in [1.82, 2.24) is 4.31 Å². The van der Waals surface area contributed by atoms with Crippen molar-refractivity contribution in [2.75, 3.05) is 31.6 Å². The van der Waals surface area contributed by atoms with E-state index in [0.717, 1.165) is 22.5 Å². The molecule has 1 saturated heterocycles. The zero-order valence-corrected chi connectivity index (χ0v) is 19.6. The van der Waals surface area contributed by atoms with Gasteiger partial charge in [-0.25, -0.2) is 31.2 Å². The second kappa shape index (κ2) is 10.1. The minimum absolute atomic E-state index is 0.120. The number of nitrogens with two attached hydrogens (primary N) is 1. The maximum atomic E-state index is 14.3. The van der Waals surface area contributed by atoms with E-state index in [9.17, 15) is 30.8 Å². The number of halogens is 1. The number of morpholine rings is 1. The van der Waals surface area contributed by atoms with Gasteiger partial charge in [-0.3, -0.25) is 4.79 Å². The lowest BCUT2D eigenvalue weighted by Gasteiger charge is -2.26. The van der Waals surface area contributed by atoms with Gasteiger partial charge in [0, 0.05) is 18.8 Å². The van der Waals surface area contributed by atoms with Crippen LogP contribution in [0.1, 0.15) is 17.3 Å². The minimum Gasteiger partial charge on any atom is -0.449 e. The minimum atomic E-state index is -3.99. The topological polar surface area (TPSA) is 162 Å². The predicted octanol–water partition coefficient (Wildman–Crippen LogP) is 0.678. The molecule has 34 heavy (non-hydrogen) atoms. The molecule has 184 valence electrons. The number of benzene rings is 2. The van der Waals surface area contributed by atoms with Gasteiger partial charge < -0.3 is 14.8 Å². The Bertz CT molecular complexity index is 1290. The summed E-state index contributed by atoms with van der Waals surface area (Å²) in [5.41, 5.74) is -0.448. The SMILES string of the molecule is CC(OC(=O)c1cc(S(=O)(=O)N2CCOCC2)ccc1F)C(=O)Nc1ccc(S(N)(=O)=O)cc1. The number of hydrogen-bond donors (Lipinski definition) is 2. The molecule has 0 spiro atoms. The van der Waals surface area contributed by atoms with Gasteiger partial charge in [0.05, 0.1) is 28.6 Å². The molecular formula is C20H22FN3O8S2. The Morgan fingerprint density at radius 1 is 1.06 bits per heavy atom. The number of nitrogens with one attached hydrogen (secondary N) is 1. The van der Waals surface area contributed by atoms with E-state index < -0.39 is 49.4 Å². The second-order valence-electron chi connectivity index (χ2n) is 7.26. The van der Waals surface area contributed by atoms with Crippen LogP contribution < -0.4 is 10.5 Å². The molecule has 0 saturated carbocycles. The lowest BCUT2D eigenvalue weighted by molar-refractivity contribution is -0.123. The zero-order chi connectivity index (χ0) is 25.1. The van der Waals surface area contributed by atoms with Gasteiger partial charge in [0.15, 0.2) is 6.10 Å². The van der Waals surface area contributed by atoms with E-state index in [0.29, 0.717) is 0 Å². The molecule has 2 aromatic carbocycles. The van der Waals surface area contributed by atoms with E-state index in [1.54, 1.807) is 0 Å². The standard InChI is InChI=1S/C20H22FN3O8S2/c1-13(19(25)23-14-2-4-15(5-3-14)33(22,27)28)32-20(26)17-12-16(6-7-18(17)21)34(29,30)24-8-10-31-11-9-24/h2-7,12-13H,8-11H2,1H3,(H,23,25)(H2,22,27,28). The number of anilines is 1. The number of hydrogen-bond acceptors (Lipinski definition) is 8. The lowest BCUT2D eigenvalue weighted by Crippen LogP contribution is -2.40. The second-order valence-corrected chi connectivity index (χ2v) is 10.8. The number of sulfonamides is 2. The maximum Gasteiger partial charge on any atom is 0.341 e. The first kappa shape index (κ1) is 25.7. The molecule has 1 heterocycles. The van der Waals surface area contributed by atoms with Crippen LogP contribution in [0.15, 0.2) is 52.3 Å². The van der Waals surface area contributed by atoms with E-state index in [1.165, 1.54) is 31.2 Å². The molecule has 1 amide bonds. The fourth-order valence-corrected chi connectivity index (χ4v) is 4.96. The van der Waals surface area contributed by atoms with Crippen LogP contribution in [0.2, 0.25) is 0 Å². The van der Waals surface area contributed by atoms with Crippen LogP contribution >= 0.6 is 0 Å². The molecule has 1 fully saturated rings. The molecule has 0 bridgehead atoms.